The Hall–Kier alpha value is -1.29. The van der Waals surface area contributed by atoms with Gasteiger partial charge in [0.25, 0.3) is 0 Å². The maximum atomic E-state index is 12.3. The maximum absolute atomic E-state index is 12.3. The van der Waals surface area contributed by atoms with Crippen LogP contribution in [0.15, 0.2) is 4.79 Å². The third-order valence-corrected chi connectivity index (χ3v) is 4.34. The molecule has 18 heavy (non-hydrogen) atoms. The molecule has 1 unspecified atom stereocenters. The first kappa shape index (κ1) is 11.8. The van der Waals surface area contributed by atoms with Crippen LogP contribution in [0.2, 0.25) is 0 Å². The van der Waals surface area contributed by atoms with Crippen LogP contribution in [0.1, 0.15) is 38.6 Å². The number of imidazole rings is 1. The minimum absolute atomic E-state index is 0.0550. The molecule has 2 saturated heterocycles. The lowest BCUT2D eigenvalue weighted by atomic mass is 10.0. The number of rotatable bonds is 1. The zero-order valence-electron chi connectivity index (χ0n) is 11.1. The molecule has 4 heteroatoms. The van der Waals surface area contributed by atoms with Gasteiger partial charge in [-0.05, 0) is 32.6 Å². The van der Waals surface area contributed by atoms with Crippen LogP contribution in [0, 0.1) is 0 Å². The summed E-state index contributed by atoms with van der Waals surface area (Å²) in [6.07, 6.45) is 6.82. The topological polar surface area (TPSA) is 36.2 Å². The fourth-order valence-corrected chi connectivity index (χ4v) is 3.47. The largest absolute Gasteiger partial charge is 0.375 e. The molecule has 98 valence electrons. The second-order valence-electron chi connectivity index (χ2n) is 5.41. The molecule has 0 aliphatic carbocycles. The van der Waals surface area contributed by atoms with Crippen LogP contribution in [0.4, 0.5) is 0 Å². The first-order valence-corrected chi connectivity index (χ1v) is 6.69. The Labute approximate surface area is 106 Å². The van der Waals surface area contributed by atoms with Crippen molar-refractivity contribution in [1.82, 2.24) is 9.13 Å². The SMILES string of the molecule is C=c1/c(=C\C)n(C)c(=O)n1C1C[C@H]2CC[C@@H](C1)O2. The Morgan fingerprint density at radius 2 is 1.94 bits per heavy atom. The Balaban J connectivity index is 2.08. The summed E-state index contributed by atoms with van der Waals surface area (Å²) in [7, 11) is 1.82. The van der Waals surface area contributed by atoms with Crippen LogP contribution >= 0.6 is 0 Å². The van der Waals surface area contributed by atoms with Crippen molar-refractivity contribution < 1.29 is 4.74 Å². The summed E-state index contributed by atoms with van der Waals surface area (Å²) in [6, 6.07) is 0.260. The summed E-state index contributed by atoms with van der Waals surface area (Å²) in [5, 5.41) is 1.77. The van der Waals surface area contributed by atoms with E-state index in [-0.39, 0.29) is 11.7 Å². The number of hydrogen-bond acceptors (Lipinski definition) is 2. The standard InChI is InChI=1S/C14H20N2O2/c1-4-13-9(2)16(14(17)15(13)3)10-7-11-5-6-12(8-10)18-11/h4,10-12H,2,5-8H2,1,3H3/b13-4+/t10?,11-,12+. The van der Waals surface area contributed by atoms with Gasteiger partial charge >= 0.3 is 5.69 Å². The molecular formula is C14H20N2O2. The van der Waals surface area contributed by atoms with Crippen molar-refractivity contribution in [3.8, 4) is 0 Å². The van der Waals surface area contributed by atoms with Crippen molar-refractivity contribution in [2.45, 2.75) is 50.9 Å². The van der Waals surface area contributed by atoms with Crippen molar-refractivity contribution >= 4 is 12.7 Å². The molecule has 3 rings (SSSR count). The van der Waals surface area contributed by atoms with Crippen molar-refractivity contribution in [1.29, 1.82) is 0 Å². The average molecular weight is 248 g/mol. The second kappa shape index (κ2) is 4.12. The van der Waals surface area contributed by atoms with E-state index >= 15 is 0 Å². The maximum Gasteiger partial charge on any atom is 0.329 e. The van der Waals surface area contributed by atoms with Gasteiger partial charge in [0.1, 0.15) is 0 Å². The smallest absolute Gasteiger partial charge is 0.329 e. The molecule has 0 spiro atoms. The summed E-state index contributed by atoms with van der Waals surface area (Å²) in [4.78, 5) is 12.3. The van der Waals surface area contributed by atoms with E-state index in [1.807, 2.05) is 24.6 Å². The highest BCUT2D eigenvalue weighted by molar-refractivity contribution is 5.17. The van der Waals surface area contributed by atoms with Gasteiger partial charge in [0.2, 0.25) is 0 Å². The molecule has 3 atom stereocenters. The first-order valence-electron chi connectivity index (χ1n) is 6.69. The quantitative estimate of drug-likeness (QED) is 0.716. The molecule has 1 aromatic heterocycles. The van der Waals surface area contributed by atoms with Gasteiger partial charge < -0.3 is 4.74 Å². The molecular weight excluding hydrogens is 228 g/mol. The van der Waals surface area contributed by atoms with Gasteiger partial charge in [0.15, 0.2) is 0 Å². The van der Waals surface area contributed by atoms with E-state index in [1.165, 1.54) is 0 Å². The fourth-order valence-electron chi connectivity index (χ4n) is 3.47. The molecule has 2 aliphatic heterocycles. The molecule has 2 fully saturated rings. The predicted octanol–water partition coefficient (Wildman–Crippen LogP) is 0.280. The molecule has 0 N–H and O–H groups in total. The predicted molar refractivity (Wildman–Crippen MR) is 70.8 cm³/mol. The van der Waals surface area contributed by atoms with E-state index < -0.39 is 0 Å². The van der Waals surface area contributed by atoms with E-state index in [9.17, 15) is 4.79 Å². The van der Waals surface area contributed by atoms with Gasteiger partial charge in [-0.1, -0.05) is 12.7 Å². The molecule has 2 bridgehead atoms. The minimum Gasteiger partial charge on any atom is -0.375 e. The van der Waals surface area contributed by atoms with Gasteiger partial charge in [0.05, 0.1) is 22.9 Å². The number of ether oxygens (including phenoxy) is 1. The summed E-state index contributed by atoms with van der Waals surface area (Å²) in [5.41, 5.74) is 0.0550. The zero-order valence-corrected chi connectivity index (χ0v) is 11.1. The number of hydrogen-bond donors (Lipinski definition) is 0. The van der Waals surface area contributed by atoms with Crippen molar-refractivity contribution in [3.63, 3.8) is 0 Å². The van der Waals surface area contributed by atoms with Crippen LogP contribution < -0.4 is 16.4 Å². The third kappa shape index (κ3) is 1.59. The van der Waals surface area contributed by atoms with E-state index in [1.54, 1.807) is 4.57 Å². The molecule has 0 aromatic carbocycles. The molecule has 3 heterocycles. The van der Waals surface area contributed by atoms with Crippen LogP contribution in [0.3, 0.4) is 0 Å². The molecule has 0 radical (unpaired) electrons. The Kier molecular flexibility index (Phi) is 2.70. The normalized spacial score (nSPS) is 32.1. The summed E-state index contributed by atoms with van der Waals surface area (Å²) < 4.78 is 9.41. The van der Waals surface area contributed by atoms with Crippen LogP contribution in [0.25, 0.3) is 12.7 Å². The molecule has 4 nitrogen and oxygen atoms in total. The summed E-state index contributed by atoms with van der Waals surface area (Å²) in [6.45, 7) is 6.03. The van der Waals surface area contributed by atoms with Crippen LogP contribution in [-0.2, 0) is 11.8 Å². The first-order chi connectivity index (χ1) is 8.61. The Morgan fingerprint density at radius 3 is 2.44 bits per heavy atom. The lowest BCUT2D eigenvalue weighted by Crippen LogP contribution is -2.38. The van der Waals surface area contributed by atoms with E-state index in [2.05, 4.69) is 6.58 Å². The van der Waals surface area contributed by atoms with E-state index in [4.69, 9.17) is 4.74 Å². The zero-order chi connectivity index (χ0) is 12.9. The van der Waals surface area contributed by atoms with Crippen molar-refractivity contribution in [2.75, 3.05) is 0 Å². The van der Waals surface area contributed by atoms with Gasteiger partial charge in [-0.2, -0.15) is 0 Å². The van der Waals surface area contributed by atoms with Gasteiger partial charge in [-0.25, -0.2) is 4.79 Å². The molecule has 2 aliphatic rings. The molecule has 1 aromatic rings. The highest BCUT2D eigenvalue weighted by Crippen LogP contribution is 2.37. The van der Waals surface area contributed by atoms with Crippen LogP contribution in [-0.4, -0.2) is 21.3 Å². The lowest BCUT2D eigenvalue weighted by Gasteiger charge is -2.28. The number of aromatic nitrogens is 2. The average Bonchev–Trinajstić information content (AvgIpc) is 2.79. The van der Waals surface area contributed by atoms with E-state index in [0.29, 0.717) is 12.2 Å². The van der Waals surface area contributed by atoms with Crippen molar-refractivity contribution in [2.24, 2.45) is 7.05 Å². The van der Waals surface area contributed by atoms with Crippen molar-refractivity contribution in [3.05, 3.63) is 21.2 Å². The second-order valence-corrected chi connectivity index (χ2v) is 5.41. The summed E-state index contributed by atoms with van der Waals surface area (Å²) >= 11 is 0. The number of nitrogens with zero attached hydrogens (tertiary/aromatic N) is 2. The summed E-state index contributed by atoms with van der Waals surface area (Å²) in [5.74, 6) is 0. The van der Waals surface area contributed by atoms with Crippen LogP contribution in [0.5, 0.6) is 0 Å². The highest BCUT2D eigenvalue weighted by Gasteiger charge is 2.36. The minimum atomic E-state index is 0.0550. The van der Waals surface area contributed by atoms with E-state index in [0.717, 1.165) is 36.4 Å². The third-order valence-electron chi connectivity index (χ3n) is 4.34. The Bertz CT molecular complexity index is 613. The highest BCUT2D eigenvalue weighted by atomic mass is 16.5. The monoisotopic (exact) mass is 248 g/mol. The molecule has 0 amide bonds. The molecule has 0 saturated carbocycles. The number of fused-ring (bicyclic) bond motifs is 2. The van der Waals surface area contributed by atoms with Gasteiger partial charge in [-0.3, -0.25) is 9.13 Å². The van der Waals surface area contributed by atoms with Gasteiger partial charge in [-0.15, -0.1) is 0 Å². The fraction of sp³-hybridized carbons (Fsp3) is 0.643. The van der Waals surface area contributed by atoms with Gasteiger partial charge in [0, 0.05) is 13.1 Å². The Morgan fingerprint density at radius 1 is 1.33 bits per heavy atom. The lowest BCUT2D eigenvalue weighted by molar-refractivity contribution is -0.0169.